The van der Waals surface area contributed by atoms with E-state index in [1.807, 2.05) is 42.5 Å². The molecule has 130 valence electrons. The van der Waals surface area contributed by atoms with Crippen LogP contribution in [-0.2, 0) is 4.79 Å². The molecule has 1 saturated heterocycles. The van der Waals surface area contributed by atoms with E-state index in [1.54, 1.807) is 4.90 Å². The topological polar surface area (TPSA) is 72.9 Å². The highest BCUT2D eigenvalue weighted by Gasteiger charge is 2.19. The number of rotatable bonds is 7. The van der Waals surface area contributed by atoms with Crippen LogP contribution < -0.4 is 5.32 Å². The van der Waals surface area contributed by atoms with Gasteiger partial charge in [0.05, 0.1) is 13.2 Å². The summed E-state index contributed by atoms with van der Waals surface area (Å²) in [6.07, 6.45) is 5.85. The Morgan fingerprint density at radius 2 is 1.92 bits per heavy atom. The molecule has 1 aromatic carbocycles. The summed E-state index contributed by atoms with van der Waals surface area (Å²) in [5.74, 6) is -0.0513. The van der Waals surface area contributed by atoms with Crippen molar-refractivity contribution < 1.29 is 14.7 Å². The lowest BCUT2D eigenvalue weighted by atomic mass is 10.2. The van der Waals surface area contributed by atoms with Gasteiger partial charge >= 0.3 is 6.03 Å². The van der Waals surface area contributed by atoms with Gasteiger partial charge in [-0.15, -0.1) is 0 Å². The number of carbonyl (C=O) groups excluding carboxylic acids is 2. The van der Waals surface area contributed by atoms with Gasteiger partial charge in [-0.1, -0.05) is 42.5 Å². The van der Waals surface area contributed by atoms with Gasteiger partial charge in [-0.25, -0.2) is 4.79 Å². The molecule has 0 aliphatic carbocycles. The van der Waals surface area contributed by atoms with E-state index in [4.69, 9.17) is 5.11 Å². The molecule has 1 aliphatic rings. The predicted molar refractivity (Wildman–Crippen MR) is 93.3 cm³/mol. The summed E-state index contributed by atoms with van der Waals surface area (Å²) >= 11 is 0. The number of aliphatic hydroxyl groups is 1. The minimum atomic E-state index is -0.339. The van der Waals surface area contributed by atoms with Crippen LogP contribution in [0.15, 0.2) is 36.4 Å². The van der Waals surface area contributed by atoms with Gasteiger partial charge in [-0.05, 0) is 18.4 Å². The zero-order chi connectivity index (χ0) is 17.2. The Morgan fingerprint density at radius 1 is 1.21 bits per heavy atom. The molecule has 24 heavy (non-hydrogen) atoms. The zero-order valence-electron chi connectivity index (χ0n) is 13.9. The van der Waals surface area contributed by atoms with Gasteiger partial charge in [-0.3, -0.25) is 4.79 Å². The molecular weight excluding hydrogens is 306 g/mol. The number of urea groups is 1. The molecule has 0 spiro atoms. The normalized spacial score (nSPS) is 14.1. The van der Waals surface area contributed by atoms with Crippen LogP contribution in [0.2, 0.25) is 0 Å². The second-order valence-corrected chi connectivity index (χ2v) is 5.73. The first kappa shape index (κ1) is 18.0. The van der Waals surface area contributed by atoms with Gasteiger partial charge in [0.2, 0.25) is 5.91 Å². The van der Waals surface area contributed by atoms with E-state index in [2.05, 4.69) is 5.32 Å². The van der Waals surface area contributed by atoms with Crippen LogP contribution in [0.4, 0.5) is 4.79 Å². The van der Waals surface area contributed by atoms with Crippen molar-refractivity contribution in [2.24, 2.45) is 0 Å². The fourth-order valence-electron chi connectivity index (χ4n) is 2.62. The molecule has 0 radical (unpaired) electrons. The first-order chi connectivity index (χ1) is 11.7. The SMILES string of the molecule is O=C(CNC(=O)N(CC=Cc1ccccc1)CCO)N1CCCC1. The summed E-state index contributed by atoms with van der Waals surface area (Å²) < 4.78 is 0. The molecular formula is C18H25N3O3. The van der Waals surface area contributed by atoms with Crippen molar-refractivity contribution >= 4 is 18.0 Å². The van der Waals surface area contributed by atoms with Crippen molar-refractivity contribution in [2.45, 2.75) is 12.8 Å². The molecule has 0 aromatic heterocycles. The number of likely N-dealkylation sites (tertiary alicyclic amines) is 1. The molecule has 6 heteroatoms. The highest BCUT2D eigenvalue weighted by Crippen LogP contribution is 2.07. The van der Waals surface area contributed by atoms with Crippen LogP contribution in [0, 0.1) is 0 Å². The maximum absolute atomic E-state index is 12.2. The van der Waals surface area contributed by atoms with E-state index in [0.29, 0.717) is 6.54 Å². The number of aliphatic hydroxyl groups excluding tert-OH is 1. The van der Waals surface area contributed by atoms with E-state index in [-0.39, 0.29) is 31.6 Å². The minimum absolute atomic E-state index is 0.00314. The number of carbonyl (C=O) groups is 2. The number of amides is 3. The maximum atomic E-state index is 12.2. The van der Waals surface area contributed by atoms with Gasteiger partial charge in [0, 0.05) is 26.2 Å². The molecule has 0 atom stereocenters. The van der Waals surface area contributed by atoms with E-state index in [0.717, 1.165) is 31.5 Å². The predicted octanol–water partition coefficient (Wildman–Crippen LogP) is 1.33. The molecule has 0 unspecified atom stereocenters. The quantitative estimate of drug-likeness (QED) is 0.792. The Balaban J connectivity index is 1.80. The number of nitrogens with one attached hydrogen (secondary N) is 1. The number of hydrogen-bond acceptors (Lipinski definition) is 3. The third-order valence-corrected chi connectivity index (χ3v) is 3.94. The summed E-state index contributed by atoms with van der Waals surface area (Å²) in [4.78, 5) is 27.4. The monoisotopic (exact) mass is 331 g/mol. The van der Waals surface area contributed by atoms with Crippen LogP contribution >= 0.6 is 0 Å². The van der Waals surface area contributed by atoms with E-state index in [1.165, 1.54) is 4.90 Å². The minimum Gasteiger partial charge on any atom is -0.395 e. The lowest BCUT2D eigenvalue weighted by molar-refractivity contribution is -0.129. The number of nitrogens with zero attached hydrogens (tertiary/aromatic N) is 2. The molecule has 0 saturated carbocycles. The fraction of sp³-hybridized carbons (Fsp3) is 0.444. The lowest BCUT2D eigenvalue weighted by Crippen LogP contribution is -2.46. The summed E-state index contributed by atoms with van der Waals surface area (Å²) in [7, 11) is 0. The highest BCUT2D eigenvalue weighted by molar-refractivity contribution is 5.84. The molecule has 1 aromatic rings. The number of benzene rings is 1. The molecule has 3 amide bonds. The van der Waals surface area contributed by atoms with Crippen molar-refractivity contribution in [3.63, 3.8) is 0 Å². The van der Waals surface area contributed by atoms with Crippen molar-refractivity contribution in [3.05, 3.63) is 42.0 Å². The summed E-state index contributed by atoms with van der Waals surface area (Å²) in [5.41, 5.74) is 1.05. The van der Waals surface area contributed by atoms with Gasteiger partial charge in [-0.2, -0.15) is 0 Å². The Morgan fingerprint density at radius 3 is 2.58 bits per heavy atom. The van der Waals surface area contributed by atoms with Crippen LogP contribution in [0.25, 0.3) is 6.08 Å². The van der Waals surface area contributed by atoms with Gasteiger partial charge in [0.15, 0.2) is 0 Å². The Labute approximate surface area is 142 Å². The summed E-state index contributed by atoms with van der Waals surface area (Å²) in [6, 6.07) is 9.45. The molecule has 1 aliphatic heterocycles. The van der Waals surface area contributed by atoms with Crippen molar-refractivity contribution in [3.8, 4) is 0 Å². The molecule has 0 bridgehead atoms. The Kier molecular flexibility index (Phi) is 7.29. The van der Waals surface area contributed by atoms with Gasteiger partial charge < -0.3 is 20.2 Å². The average Bonchev–Trinajstić information content (AvgIpc) is 3.14. The molecule has 1 fully saturated rings. The third kappa shape index (κ3) is 5.70. The smallest absolute Gasteiger partial charge is 0.318 e. The second kappa shape index (κ2) is 9.72. The lowest BCUT2D eigenvalue weighted by Gasteiger charge is -2.22. The van der Waals surface area contributed by atoms with Crippen molar-refractivity contribution in [1.29, 1.82) is 0 Å². The molecule has 2 N–H and O–H groups in total. The second-order valence-electron chi connectivity index (χ2n) is 5.73. The number of hydrogen-bond donors (Lipinski definition) is 2. The molecule has 6 nitrogen and oxygen atoms in total. The fourth-order valence-corrected chi connectivity index (χ4v) is 2.62. The molecule has 2 rings (SSSR count). The van der Waals surface area contributed by atoms with Crippen LogP contribution in [-0.4, -0.2) is 66.2 Å². The van der Waals surface area contributed by atoms with Crippen LogP contribution in [0.1, 0.15) is 18.4 Å². The van der Waals surface area contributed by atoms with Crippen molar-refractivity contribution in [1.82, 2.24) is 15.1 Å². The standard InChI is InChI=1S/C18H25N3O3/c22-14-13-21(12-6-9-16-7-2-1-3-8-16)18(24)19-15-17(23)20-10-4-5-11-20/h1-3,6-9,22H,4-5,10-15H2,(H,19,24). The maximum Gasteiger partial charge on any atom is 0.318 e. The highest BCUT2D eigenvalue weighted by atomic mass is 16.3. The summed E-state index contributed by atoms with van der Waals surface area (Å²) in [5, 5.41) is 11.8. The van der Waals surface area contributed by atoms with Gasteiger partial charge in [0.25, 0.3) is 0 Å². The van der Waals surface area contributed by atoms with Crippen LogP contribution in [0.5, 0.6) is 0 Å². The largest absolute Gasteiger partial charge is 0.395 e. The van der Waals surface area contributed by atoms with Crippen molar-refractivity contribution in [2.75, 3.05) is 39.3 Å². The average molecular weight is 331 g/mol. The first-order valence-electron chi connectivity index (χ1n) is 8.33. The van der Waals surface area contributed by atoms with E-state index < -0.39 is 0 Å². The Bertz CT molecular complexity index is 554. The molecule has 1 heterocycles. The third-order valence-electron chi connectivity index (χ3n) is 3.94. The first-order valence-corrected chi connectivity index (χ1v) is 8.33. The summed E-state index contributed by atoms with van der Waals surface area (Å²) in [6.45, 7) is 2.03. The zero-order valence-corrected chi connectivity index (χ0v) is 13.9. The van der Waals surface area contributed by atoms with Crippen LogP contribution in [0.3, 0.4) is 0 Å². The van der Waals surface area contributed by atoms with E-state index in [9.17, 15) is 9.59 Å². The van der Waals surface area contributed by atoms with E-state index >= 15 is 0 Å². The Hall–Kier alpha value is -2.34. The van der Waals surface area contributed by atoms with Gasteiger partial charge in [0.1, 0.15) is 0 Å².